The lowest BCUT2D eigenvalue weighted by Gasteiger charge is -2.33. The molecule has 3 heterocycles. The van der Waals surface area contributed by atoms with Gasteiger partial charge in [-0.05, 0) is 55.1 Å². The predicted octanol–water partition coefficient (Wildman–Crippen LogP) is 2.82. The molecule has 1 aromatic carbocycles. The van der Waals surface area contributed by atoms with Gasteiger partial charge in [-0.3, -0.25) is 0 Å². The van der Waals surface area contributed by atoms with E-state index in [1.165, 1.54) is 24.0 Å². The number of nitrogens with one attached hydrogen (secondary N) is 1. The average molecular weight is 323 g/mol. The maximum Gasteiger partial charge on any atom is 0.128 e. The number of rotatable bonds is 5. The Kier molecular flexibility index (Phi) is 4.65. The number of hydrogen-bond donors (Lipinski definition) is 1. The van der Waals surface area contributed by atoms with Gasteiger partial charge in [-0.2, -0.15) is 0 Å². The lowest BCUT2D eigenvalue weighted by Crippen LogP contribution is -2.43. The van der Waals surface area contributed by atoms with E-state index in [0.717, 1.165) is 50.7 Å². The van der Waals surface area contributed by atoms with Crippen LogP contribution < -0.4 is 15.0 Å². The smallest absolute Gasteiger partial charge is 0.128 e. The molecule has 1 fully saturated rings. The molecular formula is C20H25N3O. The molecule has 4 rings (SSSR count). The summed E-state index contributed by atoms with van der Waals surface area (Å²) in [6.45, 7) is 4.06. The zero-order valence-corrected chi connectivity index (χ0v) is 14.1. The summed E-state index contributed by atoms with van der Waals surface area (Å²) in [6.07, 6.45) is 6.40. The minimum absolute atomic E-state index is 0.628. The van der Waals surface area contributed by atoms with Crippen molar-refractivity contribution >= 4 is 5.82 Å². The molecule has 24 heavy (non-hydrogen) atoms. The van der Waals surface area contributed by atoms with Crippen molar-refractivity contribution in [2.24, 2.45) is 0 Å². The molecule has 0 unspecified atom stereocenters. The quantitative estimate of drug-likeness (QED) is 0.918. The Labute approximate surface area is 143 Å². The summed E-state index contributed by atoms with van der Waals surface area (Å²) in [4.78, 5) is 6.84. The molecule has 0 bridgehead atoms. The first kappa shape index (κ1) is 15.5. The number of piperidine rings is 1. The fraction of sp³-hybridized carbons (Fsp3) is 0.450. The van der Waals surface area contributed by atoms with E-state index < -0.39 is 0 Å². The van der Waals surface area contributed by atoms with Crippen LogP contribution in [0.15, 0.2) is 42.6 Å². The zero-order valence-electron chi connectivity index (χ0n) is 14.1. The maximum atomic E-state index is 5.57. The van der Waals surface area contributed by atoms with Crippen LogP contribution in [0.5, 0.6) is 5.75 Å². The van der Waals surface area contributed by atoms with Gasteiger partial charge in [0.25, 0.3) is 0 Å². The second-order valence-electron chi connectivity index (χ2n) is 6.69. The molecule has 0 spiro atoms. The molecule has 0 radical (unpaired) electrons. The van der Waals surface area contributed by atoms with Gasteiger partial charge in [0.2, 0.25) is 0 Å². The number of pyridine rings is 1. The van der Waals surface area contributed by atoms with Crippen molar-refractivity contribution in [3.8, 4) is 5.75 Å². The molecule has 1 aromatic heterocycles. The number of ether oxygens (including phenoxy) is 1. The number of hydrogen-bond acceptors (Lipinski definition) is 4. The molecule has 2 aromatic rings. The van der Waals surface area contributed by atoms with Crippen LogP contribution in [-0.4, -0.2) is 37.3 Å². The second-order valence-corrected chi connectivity index (χ2v) is 6.69. The van der Waals surface area contributed by atoms with Gasteiger partial charge in [-0.15, -0.1) is 0 Å². The molecule has 126 valence electrons. The lowest BCUT2D eigenvalue weighted by atomic mass is 10.0. The highest BCUT2D eigenvalue weighted by molar-refractivity contribution is 5.40. The third-order valence-corrected chi connectivity index (χ3v) is 5.07. The summed E-state index contributed by atoms with van der Waals surface area (Å²) in [5.41, 5.74) is 2.79. The summed E-state index contributed by atoms with van der Waals surface area (Å²) in [6, 6.07) is 13.4. The van der Waals surface area contributed by atoms with Crippen molar-refractivity contribution in [1.82, 2.24) is 10.3 Å². The van der Waals surface area contributed by atoms with Gasteiger partial charge in [0.1, 0.15) is 11.6 Å². The standard InChI is InChI=1S/C20H25N3O/c1-2-10-22-20(3-1)23-12-7-18(8-13-23)21-11-6-16-4-5-19-17(15-16)9-14-24-19/h1-5,10,15,18,21H,6-9,11-14H2. The van der Waals surface area contributed by atoms with Gasteiger partial charge in [0.05, 0.1) is 6.61 Å². The first-order valence-corrected chi connectivity index (χ1v) is 9.02. The summed E-state index contributed by atoms with van der Waals surface area (Å²) < 4.78 is 5.57. The predicted molar refractivity (Wildman–Crippen MR) is 96.8 cm³/mol. The molecule has 0 atom stereocenters. The van der Waals surface area contributed by atoms with Crippen molar-refractivity contribution in [3.05, 3.63) is 53.7 Å². The van der Waals surface area contributed by atoms with Crippen molar-refractivity contribution < 1.29 is 4.74 Å². The monoisotopic (exact) mass is 323 g/mol. The number of aromatic nitrogens is 1. The van der Waals surface area contributed by atoms with E-state index in [2.05, 4.69) is 45.5 Å². The molecular weight excluding hydrogens is 298 g/mol. The van der Waals surface area contributed by atoms with Crippen molar-refractivity contribution in [2.75, 3.05) is 31.1 Å². The highest BCUT2D eigenvalue weighted by Crippen LogP contribution is 2.26. The maximum absolute atomic E-state index is 5.57. The van der Waals surface area contributed by atoms with E-state index in [0.29, 0.717) is 6.04 Å². The van der Waals surface area contributed by atoms with Crippen molar-refractivity contribution in [1.29, 1.82) is 0 Å². The first-order chi connectivity index (χ1) is 11.9. The Morgan fingerprint density at radius 1 is 1.17 bits per heavy atom. The molecule has 0 aliphatic carbocycles. The average Bonchev–Trinajstić information content (AvgIpc) is 3.11. The number of anilines is 1. The van der Waals surface area contributed by atoms with Gasteiger partial charge in [-0.25, -0.2) is 4.98 Å². The van der Waals surface area contributed by atoms with E-state index in [9.17, 15) is 0 Å². The fourth-order valence-electron chi connectivity index (χ4n) is 3.67. The largest absolute Gasteiger partial charge is 0.493 e. The third-order valence-electron chi connectivity index (χ3n) is 5.07. The van der Waals surface area contributed by atoms with Crippen LogP contribution in [0.2, 0.25) is 0 Å². The molecule has 4 nitrogen and oxygen atoms in total. The summed E-state index contributed by atoms with van der Waals surface area (Å²) >= 11 is 0. The minimum atomic E-state index is 0.628. The van der Waals surface area contributed by atoms with Crippen molar-refractivity contribution in [2.45, 2.75) is 31.7 Å². The van der Waals surface area contributed by atoms with E-state index in [1.807, 2.05) is 12.3 Å². The Balaban J connectivity index is 1.22. The number of benzene rings is 1. The topological polar surface area (TPSA) is 37.4 Å². The van der Waals surface area contributed by atoms with Crippen LogP contribution in [0, 0.1) is 0 Å². The van der Waals surface area contributed by atoms with Crippen LogP contribution in [-0.2, 0) is 12.8 Å². The normalized spacial score (nSPS) is 17.6. The van der Waals surface area contributed by atoms with Crippen LogP contribution in [0.4, 0.5) is 5.82 Å². The van der Waals surface area contributed by atoms with E-state index in [1.54, 1.807) is 0 Å². The summed E-state index contributed by atoms with van der Waals surface area (Å²) in [7, 11) is 0. The number of nitrogens with zero attached hydrogens (tertiary/aromatic N) is 2. The van der Waals surface area contributed by atoms with Gasteiger partial charge in [0, 0.05) is 31.7 Å². The SMILES string of the molecule is c1ccc(N2CCC(NCCc3ccc4c(c3)CCO4)CC2)nc1. The highest BCUT2D eigenvalue weighted by atomic mass is 16.5. The summed E-state index contributed by atoms with van der Waals surface area (Å²) in [5.74, 6) is 2.19. The Bertz CT molecular complexity index is 666. The van der Waals surface area contributed by atoms with E-state index >= 15 is 0 Å². The van der Waals surface area contributed by atoms with Gasteiger partial charge in [-0.1, -0.05) is 18.2 Å². The van der Waals surface area contributed by atoms with Crippen LogP contribution in [0.1, 0.15) is 24.0 Å². The second kappa shape index (κ2) is 7.22. The third kappa shape index (κ3) is 3.54. The minimum Gasteiger partial charge on any atom is -0.493 e. The summed E-state index contributed by atoms with van der Waals surface area (Å²) in [5, 5.41) is 3.73. The first-order valence-electron chi connectivity index (χ1n) is 9.02. The molecule has 0 amide bonds. The Morgan fingerprint density at radius 3 is 2.92 bits per heavy atom. The molecule has 2 aliphatic rings. The van der Waals surface area contributed by atoms with E-state index in [-0.39, 0.29) is 0 Å². The molecule has 1 N–H and O–H groups in total. The highest BCUT2D eigenvalue weighted by Gasteiger charge is 2.19. The van der Waals surface area contributed by atoms with Crippen LogP contribution >= 0.6 is 0 Å². The Morgan fingerprint density at radius 2 is 2.08 bits per heavy atom. The fourth-order valence-corrected chi connectivity index (χ4v) is 3.67. The van der Waals surface area contributed by atoms with Gasteiger partial charge >= 0.3 is 0 Å². The Hall–Kier alpha value is -2.07. The van der Waals surface area contributed by atoms with Crippen molar-refractivity contribution in [3.63, 3.8) is 0 Å². The molecule has 0 saturated carbocycles. The molecule has 2 aliphatic heterocycles. The van der Waals surface area contributed by atoms with Crippen LogP contribution in [0.3, 0.4) is 0 Å². The lowest BCUT2D eigenvalue weighted by molar-refractivity contribution is 0.357. The molecule has 4 heteroatoms. The van der Waals surface area contributed by atoms with E-state index in [4.69, 9.17) is 4.74 Å². The van der Waals surface area contributed by atoms with Gasteiger partial charge < -0.3 is 15.0 Å². The molecule has 1 saturated heterocycles. The van der Waals surface area contributed by atoms with Crippen LogP contribution in [0.25, 0.3) is 0 Å². The zero-order chi connectivity index (χ0) is 16.2. The van der Waals surface area contributed by atoms with Gasteiger partial charge in [0.15, 0.2) is 0 Å². The number of fused-ring (bicyclic) bond motifs is 1.